The molecule has 2 amide bonds. The van der Waals surface area contributed by atoms with Crippen LogP contribution in [0, 0.1) is 0 Å². The number of hydrogen-bond donors (Lipinski definition) is 3. The van der Waals surface area contributed by atoms with Gasteiger partial charge in [0.1, 0.15) is 0 Å². The number of nitrogens with zero attached hydrogens (tertiary/aromatic N) is 1. The Bertz CT molecular complexity index is 1090. The van der Waals surface area contributed by atoms with E-state index in [1.807, 2.05) is 24.3 Å². The van der Waals surface area contributed by atoms with Gasteiger partial charge >= 0.3 is 6.18 Å². The van der Waals surface area contributed by atoms with Crippen molar-refractivity contribution in [2.24, 2.45) is 0 Å². The highest BCUT2D eigenvalue weighted by Gasteiger charge is 2.38. The molecule has 0 radical (unpaired) electrons. The number of carbonyl (C=O) groups is 2. The molecule has 2 aromatic carbocycles. The van der Waals surface area contributed by atoms with E-state index in [4.69, 9.17) is 0 Å². The maximum absolute atomic E-state index is 12.9. The van der Waals surface area contributed by atoms with Crippen molar-refractivity contribution in [3.05, 3.63) is 69.7 Å². The molecule has 1 saturated heterocycles. The third-order valence-corrected chi connectivity index (χ3v) is 7.66. The van der Waals surface area contributed by atoms with Crippen molar-refractivity contribution in [2.75, 3.05) is 19.6 Å². The maximum Gasteiger partial charge on any atom is 0.416 e. The normalized spacial score (nSPS) is 24.9. The number of amides is 2. The average molecular weight is 568 g/mol. The lowest BCUT2D eigenvalue weighted by Crippen LogP contribution is -2.45. The molecule has 4 rings (SSSR count). The Labute approximate surface area is 216 Å². The van der Waals surface area contributed by atoms with Crippen molar-refractivity contribution in [1.82, 2.24) is 15.5 Å². The van der Waals surface area contributed by atoms with Gasteiger partial charge in [0.25, 0.3) is 5.91 Å². The van der Waals surface area contributed by atoms with E-state index in [2.05, 4.69) is 31.5 Å². The minimum absolute atomic E-state index is 0.0600. The minimum Gasteiger partial charge on any atom is -0.385 e. The van der Waals surface area contributed by atoms with Gasteiger partial charge in [-0.3, -0.25) is 14.5 Å². The number of nitrogens with one attached hydrogen (secondary N) is 2. The SMILES string of the molecule is O=C(CNC(=O)c1cccc(C(F)(F)F)c1)NC1CCN(C2CCC(O)(c3ccc(Br)cc3)CC2)C1. The number of carbonyl (C=O) groups excluding carboxylic acids is 2. The van der Waals surface area contributed by atoms with E-state index >= 15 is 0 Å². The number of rotatable bonds is 6. The van der Waals surface area contributed by atoms with E-state index < -0.39 is 23.2 Å². The number of alkyl halides is 3. The predicted octanol–water partition coefficient (Wildman–Crippen LogP) is 4.22. The molecule has 1 aliphatic carbocycles. The number of benzene rings is 2. The molecule has 36 heavy (non-hydrogen) atoms. The molecule has 0 aromatic heterocycles. The van der Waals surface area contributed by atoms with E-state index in [0.717, 1.165) is 54.0 Å². The van der Waals surface area contributed by atoms with Gasteiger partial charge in [-0.25, -0.2) is 0 Å². The van der Waals surface area contributed by atoms with Gasteiger partial charge in [-0.15, -0.1) is 0 Å². The topological polar surface area (TPSA) is 81.7 Å². The molecule has 1 unspecified atom stereocenters. The van der Waals surface area contributed by atoms with Crippen LogP contribution < -0.4 is 10.6 Å². The van der Waals surface area contributed by atoms with Crippen LogP contribution in [0.1, 0.15) is 53.6 Å². The summed E-state index contributed by atoms with van der Waals surface area (Å²) in [6.45, 7) is 1.22. The van der Waals surface area contributed by atoms with Gasteiger partial charge in [0.2, 0.25) is 5.91 Å². The summed E-state index contributed by atoms with van der Waals surface area (Å²) in [4.78, 5) is 26.9. The smallest absolute Gasteiger partial charge is 0.385 e. The molecular weight excluding hydrogens is 539 g/mol. The summed E-state index contributed by atoms with van der Waals surface area (Å²) in [5.74, 6) is -1.11. The molecule has 2 fully saturated rings. The highest BCUT2D eigenvalue weighted by Crippen LogP contribution is 2.39. The average Bonchev–Trinajstić information content (AvgIpc) is 3.31. The molecule has 1 atom stereocenters. The minimum atomic E-state index is -4.54. The van der Waals surface area contributed by atoms with Gasteiger partial charge in [0.05, 0.1) is 17.7 Å². The quantitative estimate of drug-likeness (QED) is 0.488. The predicted molar refractivity (Wildman–Crippen MR) is 132 cm³/mol. The van der Waals surface area contributed by atoms with E-state index in [9.17, 15) is 27.9 Å². The largest absolute Gasteiger partial charge is 0.416 e. The molecule has 0 spiro atoms. The first-order valence-corrected chi connectivity index (χ1v) is 12.8. The Hall–Kier alpha value is -2.43. The molecule has 6 nitrogen and oxygen atoms in total. The van der Waals surface area contributed by atoms with Crippen LogP contribution >= 0.6 is 15.9 Å². The molecular formula is C26H29BrF3N3O3. The molecule has 1 saturated carbocycles. The standard InChI is InChI=1S/C26H29BrF3N3O3/c27-20-6-4-18(5-7-20)25(36)11-8-22(9-12-25)33-13-10-21(16-33)32-23(34)15-31-24(35)17-2-1-3-19(14-17)26(28,29)30/h1-7,14,21-22,36H,8-13,15-16H2,(H,31,35)(H,32,34). The first-order valence-electron chi connectivity index (χ1n) is 12.0. The van der Waals surface area contributed by atoms with Gasteiger partial charge in [-0.1, -0.05) is 34.1 Å². The highest BCUT2D eigenvalue weighted by molar-refractivity contribution is 9.10. The molecule has 10 heteroatoms. The first kappa shape index (κ1) is 26.6. The summed E-state index contributed by atoms with van der Waals surface area (Å²) >= 11 is 3.42. The third-order valence-electron chi connectivity index (χ3n) is 7.13. The summed E-state index contributed by atoms with van der Waals surface area (Å²) in [6.07, 6.45) is -0.692. The monoisotopic (exact) mass is 567 g/mol. The zero-order valence-corrected chi connectivity index (χ0v) is 21.2. The number of aliphatic hydroxyl groups is 1. The van der Waals surface area contributed by atoms with Crippen molar-refractivity contribution < 1.29 is 27.9 Å². The van der Waals surface area contributed by atoms with Crippen molar-refractivity contribution >= 4 is 27.7 Å². The summed E-state index contributed by atoms with van der Waals surface area (Å²) in [5.41, 5.74) is -0.945. The molecule has 1 heterocycles. The van der Waals surface area contributed by atoms with E-state index in [0.29, 0.717) is 25.4 Å². The number of hydrogen-bond acceptors (Lipinski definition) is 4. The van der Waals surface area contributed by atoms with Gasteiger partial charge in [-0.2, -0.15) is 13.2 Å². The van der Waals surface area contributed by atoms with Crippen molar-refractivity contribution in [3.63, 3.8) is 0 Å². The van der Waals surface area contributed by atoms with Gasteiger partial charge in [-0.05, 0) is 68.0 Å². The van der Waals surface area contributed by atoms with Gasteiger partial charge in [0.15, 0.2) is 0 Å². The lowest BCUT2D eigenvalue weighted by atomic mass is 9.77. The lowest BCUT2D eigenvalue weighted by molar-refractivity contribution is -0.137. The Morgan fingerprint density at radius 2 is 1.78 bits per heavy atom. The van der Waals surface area contributed by atoms with E-state index in [-0.39, 0.29) is 24.1 Å². The fourth-order valence-corrected chi connectivity index (χ4v) is 5.37. The van der Waals surface area contributed by atoms with Crippen LogP contribution in [0.15, 0.2) is 53.0 Å². The van der Waals surface area contributed by atoms with Crippen LogP contribution in [0.2, 0.25) is 0 Å². The van der Waals surface area contributed by atoms with Crippen LogP contribution in [0.4, 0.5) is 13.2 Å². The molecule has 0 bridgehead atoms. The number of halogens is 4. The lowest BCUT2D eigenvalue weighted by Gasteiger charge is -2.40. The molecule has 2 aliphatic rings. The van der Waals surface area contributed by atoms with Crippen LogP contribution in [-0.2, 0) is 16.6 Å². The zero-order chi connectivity index (χ0) is 25.9. The summed E-state index contributed by atoms with van der Waals surface area (Å²) in [7, 11) is 0. The van der Waals surface area contributed by atoms with Crippen molar-refractivity contribution in [1.29, 1.82) is 0 Å². The van der Waals surface area contributed by atoms with Gasteiger partial charge in [0, 0.05) is 35.2 Å². The van der Waals surface area contributed by atoms with Crippen molar-refractivity contribution in [3.8, 4) is 0 Å². The molecule has 3 N–H and O–H groups in total. The summed E-state index contributed by atoms with van der Waals surface area (Å²) < 4.78 is 39.5. The summed E-state index contributed by atoms with van der Waals surface area (Å²) in [5, 5.41) is 16.4. The second-order valence-corrected chi connectivity index (χ2v) is 10.5. The second-order valence-electron chi connectivity index (χ2n) is 9.58. The van der Waals surface area contributed by atoms with Crippen LogP contribution in [0.5, 0.6) is 0 Å². The van der Waals surface area contributed by atoms with E-state index in [1.165, 1.54) is 6.07 Å². The number of likely N-dealkylation sites (tertiary alicyclic amines) is 1. The highest BCUT2D eigenvalue weighted by atomic mass is 79.9. The Balaban J connectivity index is 1.21. The Morgan fingerprint density at radius 3 is 2.44 bits per heavy atom. The van der Waals surface area contributed by atoms with E-state index in [1.54, 1.807) is 0 Å². The molecule has 2 aromatic rings. The van der Waals surface area contributed by atoms with Crippen LogP contribution in [0.25, 0.3) is 0 Å². The van der Waals surface area contributed by atoms with Crippen molar-refractivity contribution in [2.45, 2.75) is 56.0 Å². The molecule has 194 valence electrons. The van der Waals surface area contributed by atoms with Gasteiger partial charge < -0.3 is 15.7 Å². The Kier molecular flexibility index (Phi) is 8.06. The fourth-order valence-electron chi connectivity index (χ4n) is 5.11. The molecule has 1 aliphatic heterocycles. The maximum atomic E-state index is 12.9. The summed E-state index contributed by atoms with van der Waals surface area (Å²) in [6, 6.07) is 12.2. The van der Waals surface area contributed by atoms with Crippen LogP contribution in [0.3, 0.4) is 0 Å². The zero-order valence-electron chi connectivity index (χ0n) is 19.7. The third kappa shape index (κ3) is 6.46. The van der Waals surface area contributed by atoms with Crippen LogP contribution in [-0.4, -0.2) is 53.5 Å². The second kappa shape index (κ2) is 10.9. The fraction of sp³-hybridized carbons (Fsp3) is 0.462. The first-order chi connectivity index (χ1) is 17.0. The Morgan fingerprint density at radius 1 is 1.08 bits per heavy atom.